The Hall–Kier alpha value is -2.88. The molecule has 1 aliphatic rings. The van der Waals surface area contributed by atoms with Gasteiger partial charge in [-0.3, -0.25) is 4.79 Å². The molecule has 0 spiro atoms. The van der Waals surface area contributed by atoms with Crippen molar-refractivity contribution >= 4 is 5.91 Å². The van der Waals surface area contributed by atoms with Crippen molar-refractivity contribution in [3.05, 3.63) is 83.9 Å². The Kier molecular flexibility index (Phi) is 4.57. The van der Waals surface area contributed by atoms with Gasteiger partial charge < -0.3 is 9.47 Å². The quantitative estimate of drug-likeness (QED) is 0.713. The highest BCUT2D eigenvalue weighted by molar-refractivity contribution is 5.94. The topological polar surface area (TPSA) is 38.1 Å². The largest absolute Gasteiger partial charge is 0.338 e. The molecule has 0 N–H and O–H groups in total. The first-order chi connectivity index (χ1) is 12.7. The van der Waals surface area contributed by atoms with E-state index in [4.69, 9.17) is 0 Å². The maximum atomic E-state index is 12.9. The third kappa shape index (κ3) is 3.40. The van der Waals surface area contributed by atoms with Crippen LogP contribution in [0.4, 0.5) is 0 Å². The van der Waals surface area contributed by atoms with Crippen LogP contribution >= 0.6 is 0 Å². The third-order valence-corrected chi connectivity index (χ3v) is 5.14. The lowest BCUT2D eigenvalue weighted by atomic mass is 9.89. The molecule has 0 bridgehead atoms. The molecule has 0 aliphatic carbocycles. The van der Waals surface area contributed by atoms with Crippen LogP contribution in [-0.2, 0) is 0 Å². The Bertz CT molecular complexity index is 884. The SMILES string of the molecule is Cc1cccc([C@H]2CCCN(C(=O)c3ccc(-n4ccnc4)cc3)C2)c1. The molecule has 0 saturated carbocycles. The Morgan fingerprint density at radius 3 is 2.73 bits per heavy atom. The maximum Gasteiger partial charge on any atom is 0.253 e. The number of nitrogens with zero attached hydrogens (tertiary/aromatic N) is 3. The Labute approximate surface area is 154 Å². The van der Waals surface area contributed by atoms with Crippen LogP contribution in [0.2, 0.25) is 0 Å². The first-order valence-electron chi connectivity index (χ1n) is 9.15. The molecule has 2 aromatic carbocycles. The zero-order chi connectivity index (χ0) is 17.9. The summed E-state index contributed by atoms with van der Waals surface area (Å²) in [5.74, 6) is 0.553. The van der Waals surface area contributed by atoms with E-state index in [0.717, 1.165) is 37.2 Å². The predicted octanol–water partition coefficient (Wildman–Crippen LogP) is 4.20. The highest BCUT2D eigenvalue weighted by Crippen LogP contribution is 2.28. The van der Waals surface area contributed by atoms with Crippen molar-refractivity contribution in [2.75, 3.05) is 13.1 Å². The van der Waals surface area contributed by atoms with Crippen molar-refractivity contribution in [3.63, 3.8) is 0 Å². The molecule has 4 rings (SSSR count). The number of piperidine rings is 1. The van der Waals surface area contributed by atoms with Gasteiger partial charge in [-0.25, -0.2) is 4.98 Å². The van der Waals surface area contributed by atoms with Crippen LogP contribution in [0.25, 0.3) is 5.69 Å². The molecule has 1 saturated heterocycles. The van der Waals surface area contributed by atoms with E-state index in [1.165, 1.54) is 11.1 Å². The summed E-state index contributed by atoms with van der Waals surface area (Å²) in [5.41, 5.74) is 4.38. The van der Waals surface area contributed by atoms with Crippen molar-refractivity contribution in [3.8, 4) is 5.69 Å². The van der Waals surface area contributed by atoms with Gasteiger partial charge >= 0.3 is 0 Å². The van der Waals surface area contributed by atoms with E-state index in [9.17, 15) is 4.79 Å². The average Bonchev–Trinajstić information content (AvgIpc) is 3.22. The lowest BCUT2D eigenvalue weighted by Gasteiger charge is -2.33. The number of aromatic nitrogens is 2. The second kappa shape index (κ2) is 7.16. The minimum absolute atomic E-state index is 0.125. The first kappa shape index (κ1) is 16.6. The van der Waals surface area contributed by atoms with Crippen molar-refractivity contribution in [2.45, 2.75) is 25.7 Å². The molecule has 26 heavy (non-hydrogen) atoms. The minimum Gasteiger partial charge on any atom is -0.338 e. The van der Waals surface area contributed by atoms with Crippen molar-refractivity contribution in [2.24, 2.45) is 0 Å². The number of carbonyl (C=O) groups excluding carboxylic acids is 1. The predicted molar refractivity (Wildman–Crippen MR) is 103 cm³/mol. The zero-order valence-corrected chi connectivity index (χ0v) is 15.0. The highest BCUT2D eigenvalue weighted by Gasteiger charge is 2.25. The van der Waals surface area contributed by atoms with Gasteiger partial charge in [-0.15, -0.1) is 0 Å². The van der Waals surface area contributed by atoms with E-state index < -0.39 is 0 Å². The Morgan fingerprint density at radius 2 is 2.00 bits per heavy atom. The molecule has 4 nitrogen and oxygen atoms in total. The fraction of sp³-hybridized carbons (Fsp3) is 0.273. The molecule has 1 fully saturated rings. The molecule has 1 aliphatic heterocycles. The highest BCUT2D eigenvalue weighted by atomic mass is 16.2. The molecule has 132 valence electrons. The summed E-state index contributed by atoms with van der Waals surface area (Å²) in [6.45, 7) is 3.76. The van der Waals surface area contributed by atoms with E-state index in [1.807, 2.05) is 39.9 Å². The van der Waals surface area contributed by atoms with Crippen LogP contribution in [0.1, 0.15) is 40.2 Å². The lowest BCUT2D eigenvalue weighted by Crippen LogP contribution is -2.39. The minimum atomic E-state index is 0.125. The normalized spacial score (nSPS) is 17.3. The summed E-state index contributed by atoms with van der Waals surface area (Å²) < 4.78 is 1.93. The number of aryl methyl sites for hydroxylation is 1. The van der Waals surface area contributed by atoms with Gasteiger partial charge in [0, 0.05) is 42.7 Å². The molecule has 4 heteroatoms. The molecule has 1 amide bonds. The van der Waals surface area contributed by atoms with Gasteiger partial charge in [0.05, 0.1) is 6.33 Å². The van der Waals surface area contributed by atoms with E-state index in [1.54, 1.807) is 12.5 Å². The number of likely N-dealkylation sites (tertiary alicyclic amines) is 1. The second-order valence-electron chi connectivity index (χ2n) is 7.02. The van der Waals surface area contributed by atoms with E-state index in [0.29, 0.717) is 5.92 Å². The molecule has 0 unspecified atom stereocenters. The Morgan fingerprint density at radius 1 is 1.15 bits per heavy atom. The standard InChI is InChI=1S/C22H23N3O/c1-17-4-2-5-19(14-17)20-6-3-12-24(15-20)22(26)18-7-9-21(10-8-18)25-13-11-23-16-25/h2,4-5,7-11,13-14,16,20H,3,6,12,15H2,1H3/t20-/m0/s1. The van der Waals surface area contributed by atoms with E-state index in [2.05, 4.69) is 36.2 Å². The van der Waals surface area contributed by atoms with Crippen molar-refractivity contribution in [1.29, 1.82) is 0 Å². The van der Waals surface area contributed by atoms with Gasteiger partial charge in [-0.05, 0) is 49.6 Å². The summed E-state index contributed by atoms with van der Waals surface area (Å²) in [5, 5.41) is 0. The monoisotopic (exact) mass is 345 g/mol. The molecular formula is C22H23N3O. The van der Waals surface area contributed by atoms with Crippen molar-refractivity contribution < 1.29 is 4.79 Å². The van der Waals surface area contributed by atoms with Crippen LogP contribution in [0.3, 0.4) is 0 Å². The van der Waals surface area contributed by atoms with E-state index >= 15 is 0 Å². The molecular weight excluding hydrogens is 322 g/mol. The fourth-order valence-electron chi connectivity index (χ4n) is 3.73. The van der Waals surface area contributed by atoms with Crippen LogP contribution in [0.15, 0.2) is 67.3 Å². The van der Waals surface area contributed by atoms with E-state index in [-0.39, 0.29) is 5.91 Å². The summed E-state index contributed by atoms with van der Waals surface area (Å²) in [4.78, 5) is 19.0. The van der Waals surface area contributed by atoms with Crippen molar-refractivity contribution in [1.82, 2.24) is 14.5 Å². The first-order valence-corrected chi connectivity index (χ1v) is 9.15. The summed E-state index contributed by atoms with van der Waals surface area (Å²) in [6, 6.07) is 16.4. The molecule has 0 radical (unpaired) electrons. The smallest absolute Gasteiger partial charge is 0.253 e. The Balaban J connectivity index is 1.49. The number of benzene rings is 2. The number of carbonyl (C=O) groups is 1. The van der Waals surface area contributed by atoms with Gasteiger partial charge in [0.2, 0.25) is 0 Å². The molecule has 2 heterocycles. The van der Waals surface area contributed by atoms with Crippen LogP contribution in [0.5, 0.6) is 0 Å². The maximum absolute atomic E-state index is 12.9. The van der Waals surface area contributed by atoms with Gasteiger partial charge in [0.25, 0.3) is 5.91 Å². The summed E-state index contributed by atoms with van der Waals surface area (Å²) >= 11 is 0. The summed E-state index contributed by atoms with van der Waals surface area (Å²) in [7, 11) is 0. The number of imidazole rings is 1. The molecule has 1 aromatic heterocycles. The number of amides is 1. The number of rotatable bonds is 3. The van der Waals surface area contributed by atoms with Gasteiger partial charge in [-0.1, -0.05) is 29.8 Å². The molecule has 3 aromatic rings. The molecule has 1 atom stereocenters. The number of hydrogen-bond donors (Lipinski definition) is 0. The van der Waals surface area contributed by atoms with Gasteiger partial charge in [0.1, 0.15) is 0 Å². The second-order valence-corrected chi connectivity index (χ2v) is 7.02. The number of hydrogen-bond acceptors (Lipinski definition) is 2. The van der Waals surface area contributed by atoms with Gasteiger partial charge in [-0.2, -0.15) is 0 Å². The van der Waals surface area contributed by atoms with Crippen LogP contribution in [-0.4, -0.2) is 33.4 Å². The van der Waals surface area contributed by atoms with Crippen LogP contribution in [0, 0.1) is 6.92 Å². The zero-order valence-electron chi connectivity index (χ0n) is 15.0. The lowest BCUT2D eigenvalue weighted by molar-refractivity contribution is 0.0707. The van der Waals surface area contributed by atoms with Crippen LogP contribution < -0.4 is 0 Å². The average molecular weight is 345 g/mol. The fourth-order valence-corrected chi connectivity index (χ4v) is 3.73. The summed E-state index contributed by atoms with van der Waals surface area (Å²) in [6.07, 6.45) is 7.60. The third-order valence-electron chi connectivity index (χ3n) is 5.14. The van der Waals surface area contributed by atoms with Gasteiger partial charge in [0.15, 0.2) is 0 Å².